The summed E-state index contributed by atoms with van der Waals surface area (Å²) < 4.78 is 15.7. The number of aliphatic hydroxyl groups excluding tert-OH is 3. The lowest BCUT2D eigenvalue weighted by molar-refractivity contribution is -0.296. The van der Waals surface area contributed by atoms with Gasteiger partial charge in [-0.1, -0.05) is 26.2 Å². The fraction of sp³-hybridized carbons (Fsp3) is 1.00. The molecule has 5 atom stereocenters. The zero-order valence-electron chi connectivity index (χ0n) is 11.7. The summed E-state index contributed by atoms with van der Waals surface area (Å²) in [5.41, 5.74) is 0. The molecule has 0 aromatic heterocycles. The van der Waals surface area contributed by atoms with E-state index in [1.54, 1.807) is 0 Å². The Hall–Kier alpha value is -0.240. The van der Waals surface area contributed by atoms with Crippen LogP contribution < -0.4 is 0 Å². The van der Waals surface area contributed by atoms with Crippen molar-refractivity contribution >= 4 is 0 Å². The molecule has 6 nitrogen and oxygen atoms in total. The first kappa shape index (κ1) is 16.8. The van der Waals surface area contributed by atoms with Crippen molar-refractivity contribution in [3.63, 3.8) is 0 Å². The van der Waals surface area contributed by atoms with Crippen LogP contribution in [0.1, 0.15) is 32.6 Å². The molecule has 0 aromatic carbocycles. The first-order valence-corrected chi connectivity index (χ1v) is 6.92. The molecule has 0 bridgehead atoms. The second-order valence-electron chi connectivity index (χ2n) is 4.89. The standard InChI is InChI=1S/C13H26O6/c1-3-4-5-6-7-18-8-9-10(14)11(15)12(16)13(17-2)19-9/h9-16H,3-8H2,1-2H3/t9?,10-,11-,12?,13-/m0/s1. The van der Waals surface area contributed by atoms with Gasteiger partial charge in [0, 0.05) is 13.7 Å². The molecule has 1 aliphatic rings. The minimum absolute atomic E-state index is 0.178. The van der Waals surface area contributed by atoms with Crippen molar-refractivity contribution in [2.45, 2.75) is 63.3 Å². The molecule has 1 saturated heterocycles. The fourth-order valence-corrected chi connectivity index (χ4v) is 2.08. The minimum atomic E-state index is -1.28. The highest BCUT2D eigenvalue weighted by atomic mass is 16.7. The van der Waals surface area contributed by atoms with E-state index in [0.29, 0.717) is 6.61 Å². The Kier molecular flexibility index (Phi) is 7.82. The van der Waals surface area contributed by atoms with Crippen LogP contribution in [-0.2, 0) is 14.2 Å². The fourth-order valence-electron chi connectivity index (χ4n) is 2.08. The second kappa shape index (κ2) is 8.84. The Balaban J connectivity index is 2.28. The van der Waals surface area contributed by atoms with Gasteiger partial charge in [0.2, 0.25) is 0 Å². The Labute approximate surface area is 114 Å². The van der Waals surface area contributed by atoms with E-state index in [1.165, 1.54) is 20.0 Å². The smallest absolute Gasteiger partial charge is 0.186 e. The Morgan fingerprint density at radius 3 is 2.37 bits per heavy atom. The van der Waals surface area contributed by atoms with Gasteiger partial charge in [-0.2, -0.15) is 0 Å². The Morgan fingerprint density at radius 2 is 1.74 bits per heavy atom. The molecule has 3 N–H and O–H groups in total. The van der Waals surface area contributed by atoms with Crippen LogP contribution in [0.25, 0.3) is 0 Å². The number of aliphatic hydroxyl groups is 3. The number of hydrogen-bond donors (Lipinski definition) is 3. The number of unbranched alkanes of at least 4 members (excludes halogenated alkanes) is 3. The van der Waals surface area contributed by atoms with Crippen LogP contribution in [0.15, 0.2) is 0 Å². The zero-order valence-corrected chi connectivity index (χ0v) is 11.7. The van der Waals surface area contributed by atoms with Crippen LogP contribution in [0.2, 0.25) is 0 Å². The summed E-state index contributed by atoms with van der Waals surface area (Å²) in [4.78, 5) is 0. The summed E-state index contributed by atoms with van der Waals surface area (Å²) >= 11 is 0. The summed E-state index contributed by atoms with van der Waals surface area (Å²) in [6.07, 6.45) is -0.888. The average Bonchev–Trinajstić information content (AvgIpc) is 2.42. The monoisotopic (exact) mass is 278 g/mol. The number of hydrogen-bond acceptors (Lipinski definition) is 6. The normalized spacial score (nSPS) is 35.5. The van der Waals surface area contributed by atoms with Gasteiger partial charge < -0.3 is 29.5 Å². The molecule has 1 fully saturated rings. The second-order valence-corrected chi connectivity index (χ2v) is 4.89. The Morgan fingerprint density at radius 1 is 1.00 bits per heavy atom. The van der Waals surface area contributed by atoms with E-state index in [4.69, 9.17) is 14.2 Å². The van der Waals surface area contributed by atoms with Crippen LogP contribution in [0.3, 0.4) is 0 Å². The van der Waals surface area contributed by atoms with E-state index < -0.39 is 30.7 Å². The van der Waals surface area contributed by atoms with Gasteiger partial charge in [0.25, 0.3) is 0 Å². The van der Waals surface area contributed by atoms with Crippen LogP contribution >= 0.6 is 0 Å². The first-order chi connectivity index (χ1) is 9.11. The van der Waals surface area contributed by atoms with Crippen LogP contribution in [0.5, 0.6) is 0 Å². The van der Waals surface area contributed by atoms with E-state index in [2.05, 4.69) is 6.92 Å². The number of methoxy groups -OCH3 is 1. The van der Waals surface area contributed by atoms with Crippen molar-refractivity contribution in [3.8, 4) is 0 Å². The third kappa shape index (κ3) is 4.98. The number of rotatable bonds is 8. The van der Waals surface area contributed by atoms with E-state index >= 15 is 0 Å². The lowest BCUT2D eigenvalue weighted by atomic mass is 9.99. The predicted octanol–water partition coefficient (Wildman–Crippen LogP) is 0.0373. The lowest BCUT2D eigenvalue weighted by Gasteiger charge is -2.39. The molecule has 0 aliphatic carbocycles. The summed E-state index contributed by atoms with van der Waals surface area (Å²) in [7, 11) is 1.38. The molecule has 0 saturated carbocycles. The molecule has 2 unspecified atom stereocenters. The van der Waals surface area contributed by atoms with Crippen molar-refractivity contribution in [2.24, 2.45) is 0 Å². The molecule has 6 heteroatoms. The zero-order chi connectivity index (χ0) is 14.3. The van der Waals surface area contributed by atoms with Gasteiger partial charge >= 0.3 is 0 Å². The van der Waals surface area contributed by atoms with Gasteiger partial charge in [-0.05, 0) is 6.42 Å². The summed E-state index contributed by atoms with van der Waals surface area (Å²) in [5.74, 6) is 0. The van der Waals surface area contributed by atoms with Crippen molar-refractivity contribution in [1.82, 2.24) is 0 Å². The van der Waals surface area contributed by atoms with Gasteiger partial charge in [0.1, 0.15) is 24.4 Å². The molecule has 1 rings (SSSR count). The lowest BCUT2D eigenvalue weighted by Crippen LogP contribution is -2.59. The van der Waals surface area contributed by atoms with E-state index in [-0.39, 0.29) is 6.61 Å². The molecule has 0 spiro atoms. The summed E-state index contributed by atoms with van der Waals surface area (Å²) in [5, 5.41) is 29.1. The van der Waals surface area contributed by atoms with Crippen molar-refractivity contribution in [1.29, 1.82) is 0 Å². The van der Waals surface area contributed by atoms with Crippen LogP contribution in [0.4, 0.5) is 0 Å². The van der Waals surface area contributed by atoms with E-state index in [9.17, 15) is 15.3 Å². The maximum Gasteiger partial charge on any atom is 0.186 e. The van der Waals surface area contributed by atoms with Gasteiger partial charge in [0.15, 0.2) is 6.29 Å². The summed E-state index contributed by atoms with van der Waals surface area (Å²) in [6, 6.07) is 0. The molecule has 0 amide bonds. The molecule has 1 heterocycles. The third-order valence-corrected chi connectivity index (χ3v) is 3.33. The molecule has 114 valence electrons. The molecule has 0 aromatic rings. The maximum atomic E-state index is 9.79. The summed E-state index contributed by atoms with van der Waals surface area (Å²) in [6.45, 7) is 2.92. The van der Waals surface area contributed by atoms with Crippen LogP contribution in [0, 0.1) is 0 Å². The third-order valence-electron chi connectivity index (χ3n) is 3.33. The van der Waals surface area contributed by atoms with Gasteiger partial charge in [-0.15, -0.1) is 0 Å². The van der Waals surface area contributed by atoms with E-state index in [0.717, 1.165) is 12.8 Å². The largest absolute Gasteiger partial charge is 0.387 e. The Bertz CT molecular complexity index is 235. The minimum Gasteiger partial charge on any atom is -0.387 e. The van der Waals surface area contributed by atoms with Crippen molar-refractivity contribution in [3.05, 3.63) is 0 Å². The highest BCUT2D eigenvalue weighted by molar-refractivity contribution is 4.88. The van der Waals surface area contributed by atoms with Crippen molar-refractivity contribution < 1.29 is 29.5 Å². The van der Waals surface area contributed by atoms with E-state index in [1.807, 2.05) is 0 Å². The topological polar surface area (TPSA) is 88.4 Å². The highest BCUT2D eigenvalue weighted by Crippen LogP contribution is 2.21. The first-order valence-electron chi connectivity index (χ1n) is 6.92. The predicted molar refractivity (Wildman–Crippen MR) is 68.7 cm³/mol. The quantitative estimate of drug-likeness (QED) is 0.543. The van der Waals surface area contributed by atoms with Crippen molar-refractivity contribution in [2.75, 3.05) is 20.3 Å². The molecule has 19 heavy (non-hydrogen) atoms. The molecular weight excluding hydrogens is 252 g/mol. The SMILES string of the molecule is CCCCCCOCC1O[C@H](OC)C(O)[C@@H](O)[C@H]1O. The van der Waals surface area contributed by atoms with Gasteiger partial charge in [-0.25, -0.2) is 0 Å². The number of ether oxygens (including phenoxy) is 3. The average molecular weight is 278 g/mol. The molecule has 1 aliphatic heterocycles. The van der Waals surface area contributed by atoms with Crippen LogP contribution in [-0.4, -0.2) is 66.3 Å². The molecular formula is C13H26O6. The van der Waals surface area contributed by atoms with Gasteiger partial charge in [0.05, 0.1) is 6.61 Å². The molecule has 0 radical (unpaired) electrons. The van der Waals surface area contributed by atoms with Gasteiger partial charge in [-0.3, -0.25) is 0 Å². The maximum absolute atomic E-state index is 9.79. The highest BCUT2D eigenvalue weighted by Gasteiger charge is 2.43.